The molecule has 2 N–H and O–H groups in total. The van der Waals surface area contributed by atoms with Gasteiger partial charge in [0.2, 0.25) is 0 Å². The number of carboxylic acid groups (broad SMARTS) is 1. The van der Waals surface area contributed by atoms with Crippen LogP contribution in [0.5, 0.6) is 0 Å². The van der Waals surface area contributed by atoms with Crippen LogP contribution in [0.4, 0.5) is 0 Å². The minimum absolute atomic E-state index is 0.264. The van der Waals surface area contributed by atoms with Gasteiger partial charge in [-0.25, -0.2) is 4.79 Å². The number of hydrogen-bond donors (Lipinski definition) is 2. The Morgan fingerprint density at radius 1 is 1.73 bits per heavy atom. The Labute approximate surface area is 64.8 Å². The fraction of sp³-hybridized carbons (Fsp3) is 0.857. The lowest BCUT2D eigenvalue weighted by atomic mass is 9.89. The van der Waals surface area contributed by atoms with Crippen molar-refractivity contribution in [1.82, 2.24) is 0 Å². The molecule has 1 aliphatic rings. The van der Waals surface area contributed by atoms with E-state index in [-0.39, 0.29) is 5.92 Å². The zero-order chi connectivity index (χ0) is 8.48. The molecular weight excluding hydrogens is 148 g/mol. The highest BCUT2D eigenvalue weighted by Gasteiger charge is 2.41. The number of ether oxygens (including phenoxy) is 1. The molecule has 0 unspecified atom stereocenters. The zero-order valence-electron chi connectivity index (χ0n) is 6.41. The summed E-state index contributed by atoms with van der Waals surface area (Å²) in [6, 6.07) is 0. The Kier molecular flexibility index (Phi) is 2.15. The first-order valence-electron chi connectivity index (χ1n) is 3.58. The van der Waals surface area contributed by atoms with Crippen molar-refractivity contribution in [3.05, 3.63) is 0 Å². The summed E-state index contributed by atoms with van der Waals surface area (Å²) in [5, 5.41) is 18.0. The van der Waals surface area contributed by atoms with Crippen LogP contribution in [0, 0.1) is 5.92 Å². The van der Waals surface area contributed by atoms with Gasteiger partial charge in [-0.3, -0.25) is 0 Å². The summed E-state index contributed by atoms with van der Waals surface area (Å²) in [5.74, 6) is -1.44. The van der Waals surface area contributed by atoms with Gasteiger partial charge in [0.1, 0.15) is 0 Å². The van der Waals surface area contributed by atoms with Crippen LogP contribution in [0.2, 0.25) is 0 Å². The number of carbonyl (C=O) groups is 1. The topological polar surface area (TPSA) is 66.8 Å². The largest absolute Gasteiger partial charge is 0.479 e. The Bertz CT molecular complexity index is 158. The van der Waals surface area contributed by atoms with Crippen LogP contribution in [-0.4, -0.2) is 35.0 Å². The van der Waals surface area contributed by atoms with Crippen LogP contribution in [0.15, 0.2) is 0 Å². The van der Waals surface area contributed by atoms with E-state index in [0.29, 0.717) is 19.6 Å². The van der Waals surface area contributed by atoms with E-state index in [4.69, 9.17) is 9.84 Å². The molecule has 0 spiro atoms. The first kappa shape index (κ1) is 8.49. The molecule has 2 atom stereocenters. The van der Waals surface area contributed by atoms with Gasteiger partial charge in [0.25, 0.3) is 0 Å². The van der Waals surface area contributed by atoms with Crippen molar-refractivity contribution in [2.45, 2.75) is 18.9 Å². The van der Waals surface area contributed by atoms with E-state index in [0.717, 1.165) is 0 Å². The van der Waals surface area contributed by atoms with Crippen molar-refractivity contribution in [3.8, 4) is 0 Å². The third kappa shape index (κ3) is 1.52. The Morgan fingerprint density at radius 2 is 2.36 bits per heavy atom. The average molecular weight is 160 g/mol. The molecule has 4 nitrogen and oxygen atoms in total. The number of carboxylic acids is 1. The van der Waals surface area contributed by atoms with Crippen LogP contribution in [-0.2, 0) is 9.53 Å². The standard InChI is InChI=1S/C7H12O4/c1-7(10,6(8)9)5-2-3-11-4-5/h5,10H,2-4H2,1H3,(H,8,9)/t5-,7+/m0/s1. The number of aliphatic carboxylic acids is 1. The third-order valence-electron chi connectivity index (χ3n) is 2.16. The molecule has 0 bridgehead atoms. The summed E-state index contributed by atoms with van der Waals surface area (Å²) in [4.78, 5) is 10.5. The third-order valence-corrected chi connectivity index (χ3v) is 2.16. The van der Waals surface area contributed by atoms with Crippen molar-refractivity contribution in [1.29, 1.82) is 0 Å². The minimum Gasteiger partial charge on any atom is -0.479 e. The normalized spacial score (nSPS) is 29.8. The predicted octanol–water partition coefficient (Wildman–Crippen LogP) is -0.141. The lowest BCUT2D eigenvalue weighted by Crippen LogP contribution is -2.43. The predicted molar refractivity (Wildman–Crippen MR) is 37.2 cm³/mol. The molecule has 0 saturated carbocycles. The lowest BCUT2D eigenvalue weighted by Gasteiger charge is -2.23. The van der Waals surface area contributed by atoms with Crippen LogP contribution in [0.25, 0.3) is 0 Å². The maximum atomic E-state index is 10.5. The van der Waals surface area contributed by atoms with Crippen LogP contribution < -0.4 is 0 Å². The van der Waals surface area contributed by atoms with Gasteiger partial charge in [0, 0.05) is 12.5 Å². The molecule has 1 heterocycles. The van der Waals surface area contributed by atoms with Crippen LogP contribution in [0.1, 0.15) is 13.3 Å². The van der Waals surface area contributed by atoms with E-state index in [9.17, 15) is 9.90 Å². The van der Waals surface area contributed by atoms with Gasteiger partial charge in [-0.05, 0) is 13.3 Å². The zero-order valence-corrected chi connectivity index (χ0v) is 6.41. The molecule has 1 aliphatic heterocycles. The van der Waals surface area contributed by atoms with E-state index in [1.165, 1.54) is 6.92 Å². The summed E-state index contributed by atoms with van der Waals surface area (Å²) in [6.45, 7) is 2.21. The second-order valence-electron chi connectivity index (χ2n) is 3.01. The molecule has 0 aromatic heterocycles. The molecule has 0 radical (unpaired) electrons. The van der Waals surface area contributed by atoms with Gasteiger partial charge in [0.15, 0.2) is 5.60 Å². The van der Waals surface area contributed by atoms with E-state index in [2.05, 4.69) is 0 Å². The van der Waals surface area contributed by atoms with E-state index in [1.807, 2.05) is 0 Å². The van der Waals surface area contributed by atoms with Gasteiger partial charge in [0.05, 0.1) is 6.61 Å². The molecular formula is C7H12O4. The highest BCUT2D eigenvalue weighted by atomic mass is 16.5. The fourth-order valence-electron chi connectivity index (χ4n) is 1.15. The molecule has 1 rings (SSSR count). The Hall–Kier alpha value is -0.610. The molecule has 0 aliphatic carbocycles. The first-order valence-corrected chi connectivity index (χ1v) is 3.58. The van der Waals surface area contributed by atoms with E-state index in [1.54, 1.807) is 0 Å². The maximum absolute atomic E-state index is 10.5. The van der Waals surface area contributed by atoms with Crippen molar-refractivity contribution in [2.24, 2.45) is 5.92 Å². The summed E-state index contributed by atoms with van der Waals surface area (Å²) >= 11 is 0. The van der Waals surface area contributed by atoms with Crippen molar-refractivity contribution in [2.75, 3.05) is 13.2 Å². The van der Waals surface area contributed by atoms with Crippen LogP contribution >= 0.6 is 0 Å². The van der Waals surface area contributed by atoms with E-state index >= 15 is 0 Å². The molecule has 0 aromatic carbocycles. The number of hydrogen-bond acceptors (Lipinski definition) is 3. The number of rotatable bonds is 2. The molecule has 64 valence electrons. The van der Waals surface area contributed by atoms with Gasteiger partial charge < -0.3 is 14.9 Å². The highest BCUT2D eigenvalue weighted by molar-refractivity contribution is 5.77. The quantitative estimate of drug-likeness (QED) is 0.590. The second-order valence-corrected chi connectivity index (χ2v) is 3.01. The molecule has 4 heteroatoms. The number of aliphatic hydroxyl groups is 1. The lowest BCUT2D eigenvalue weighted by molar-refractivity contribution is -0.162. The molecule has 0 aromatic rings. The molecule has 11 heavy (non-hydrogen) atoms. The minimum atomic E-state index is -1.63. The van der Waals surface area contributed by atoms with Crippen molar-refractivity contribution < 1.29 is 19.7 Å². The summed E-state index contributed by atoms with van der Waals surface area (Å²) < 4.78 is 4.97. The monoisotopic (exact) mass is 160 g/mol. The summed E-state index contributed by atoms with van der Waals surface area (Å²) in [5.41, 5.74) is -1.63. The fourth-order valence-corrected chi connectivity index (χ4v) is 1.15. The van der Waals surface area contributed by atoms with Gasteiger partial charge in [-0.2, -0.15) is 0 Å². The maximum Gasteiger partial charge on any atom is 0.335 e. The summed E-state index contributed by atoms with van der Waals surface area (Å²) in [7, 11) is 0. The van der Waals surface area contributed by atoms with Gasteiger partial charge >= 0.3 is 5.97 Å². The Morgan fingerprint density at radius 3 is 2.73 bits per heavy atom. The molecule has 0 amide bonds. The average Bonchev–Trinajstić information content (AvgIpc) is 2.37. The first-order chi connectivity index (χ1) is 5.05. The highest BCUT2D eigenvalue weighted by Crippen LogP contribution is 2.25. The Balaban J connectivity index is 2.62. The van der Waals surface area contributed by atoms with E-state index < -0.39 is 11.6 Å². The van der Waals surface area contributed by atoms with Crippen molar-refractivity contribution in [3.63, 3.8) is 0 Å². The van der Waals surface area contributed by atoms with Crippen molar-refractivity contribution >= 4 is 5.97 Å². The molecule has 1 saturated heterocycles. The van der Waals surface area contributed by atoms with Gasteiger partial charge in [-0.15, -0.1) is 0 Å². The van der Waals surface area contributed by atoms with Gasteiger partial charge in [-0.1, -0.05) is 0 Å². The smallest absolute Gasteiger partial charge is 0.335 e. The molecule has 1 fully saturated rings. The second kappa shape index (κ2) is 2.79. The SMILES string of the molecule is C[C@](O)(C(=O)O)[C@H]1CCOC1. The summed E-state index contributed by atoms with van der Waals surface area (Å²) in [6.07, 6.45) is 0.624. The van der Waals surface area contributed by atoms with Crippen LogP contribution in [0.3, 0.4) is 0 Å².